The summed E-state index contributed by atoms with van der Waals surface area (Å²) in [5.41, 5.74) is -1.16. The zero-order valence-electron chi connectivity index (χ0n) is 9.95. The van der Waals surface area contributed by atoms with Crippen LogP contribution in [0, 0.1) is 0 Å². The molecule has 10 heteroatoms. The first-order valence-electron chi connectivity index (χ1n) is 5.39. The van der Waals surface area contributed by atoms with E-state index in [2.05, 4.69) is 30.9 Å². The first-order chi connectivity index (χ1) is 9.06. The molecular formula is C9H11N7O3. The van der Waals surface area contributed by atoms with Crippen LogP contribution in [0.5, 0.6) is 0 Å². The minimum Gasteiger partial charge on any atom is -0.345 e. The lowest BCUT2D eigenvalue weighted by molar-refractivity contribution is -0.122. The van der Waals surface area contributed by atoms with Crippen molar-refractivity contribution in [3.05, 3.63) is 38.9 Å². The van der Waals surface area contributed by atoms with E-state index < -0.39 is 23.2 Å². The Balaban J connectivity index is 2.02. The number of carbonyl (C=O) groups is 1. The average molecular weight is 265 g/mol. The van der Waals surface area contributed by atoms with Gasteiger partial charge in [-0.25, -0.2) is 4.79 Å². The first kappa shape index (κ1) is 12.7. The van der Waals surface area contributed by atoms with E-state index in [1.165, 1.54) is 6.20 Å². The Morgan fingerprint density at radius 2 is 2.32 bits per heavy atom. The number of nitrogens with one attached hydrogen (secondary N) is 3. The van der Waals surface area contributed by atoms with Crippen molar-refractivity contribution in [1.82, 2.24) is 35.5 Å². The topological polar surface area (TPSA) is 138 Å². The Hall–Kier alpha value is -2.78. The molecule has 2 aromatic heterocycles. The standard InChI is InChI=1S/C9H11N7O3/c1-5(8-12-14-15-13-8)10-7(18)4-16-3-2-6(17)11-9(16)19/h2-3,5H,4H2,1H3,(H,10,18)(H,11,17,19)(H,12,13,14,15). The van der Waals surface area contributed by atoms with Crippen LogP contribution in [0.3, 0.4) is 0 Å². The highest BCUT2D eigenvalue weighted by atomic mass is 16.2. The second kappa shape index (κ2) is 5.25. The third kappa shape index (κ3) is 3.12. The minimum atomic E-state index is -0.644. The second-order valence-electron chi connectivity index (χ2n) is 3.80. The van der Waals surface area contributed by atoms with Crippen molar-refractivity contribution in [2.45, 2.75) is 19.5 Å². The van der Waals surface area contributed by atoms with Gasteiger partial charge in [-0.05, 0) is 6.92 Å². The molecule has 0 radical (unpaired) electrons. The summed E-state index contributed by atoms with van der Waals surface area (Å²) in [4.78, 5) is 36.0. The van der Waals surface area contributed by atoms with Crippen molar-refractivity contribution in [2.75, 3.05) is 0 Å². The maximum absolute atomic E-state index is 11.7. The summed E-state index contributed by atoms with van der Waals surface area (Å²) in [5, 5.41) is 15.7. The molecule has 100 valence electrons. The van der Waals surface area contributed by atoms with Gasteiger partial charge < -0.3 is 5.32 Å². The summed E-state index contributed by atoms with van der Waals surface area (Å²) in [6, 6.07) is 0.724. The van der Waals surface area contributed by atoms with Gasteiger partial charge >= 0.3 is 5.69 Å². The molecule has 0 aliphatic carbocycles. The van der Waals surface area contributed by atoms with Crippen molar-refractivity contribution < 1.29 is 4.79 Å². The number of H-pyrrole nitrogens is 2. The number of amides is 1. The van der Waals surface area contributed by atoms with Crippen molar-refractivity contribution >= 4 is 5.91 Å². The summed E-state index contributed by atoms with van der Waals surface area (Å²) in [7, 11) is 0. The molecule has 2 heterocycles. The molecule has 2 rings (SSSR count). The molecule has 1 atom stereocenters. The largest absolute Gasteiger partial charge is 0.345 e. The molecule has 1 unspecified atom stereocenters. The lowest BCUT2D eigenvalue weighted by Crippen LogP contribution is -2.36. The van der Waals surface area contributed by atoms with Crippen LogP contribution in [0.2, 0.25) is 0 Å². The molecule has 0 fully saturated rings. The van der Waals surface area contributed by atoms with E-state index in [4.69, 9.17) is 0 Å². The molecule has 0 saturated heterocycles. The molecule has 0 bridgehead atoms. The molecule has 19 heavy (non-hydrogen) atoms. The average Bonchev–Trinajstić information content (AvgIpc) is 2.86. The Morgan fingerprint density at radius 1 is 1.53 bits per heavy atom. The predicted molar refractivity (Wildman–Crippen MR) is 62.1 cm³/mol. The van der Waals surface area contributed by atoms with E-state index in [1.807, 2.05) is 0 Å². The molecular weight excluding hydrogens is 254 g/mol. The van der Waals surface area contributed by atoms with Gasteiger partial charge in [0.2, 0.25) is 5.91 Å². The van der Waals surface area contributed by atoms with Crippen molar-refractivity contribution in [3.63, 3.8) is 0 Å². The van der Waals surface area contributed by atoms with Gasteiger partial charge in [0.15, 0.2) is 5.82 Å². The third-order valence-corrected chi connectivity index (χ3v) is 2.34. The summed E-state index contributed by atoms with van der Waals surface area (Å²) >= 11 is 0. The van der Waals surface area contributed by atoms with Gasteiger partial charge in [0.1, 0.15) is 6.54 Å². The maximum Gasteiger partial charge on any atom is 0.328 e. The molecule has 0 aliphatic rings. The van der Waals surface area contributed by atoms with Crippen molar-refractivity contribution in [1.29, 1.82) is 0 Å². The van der Waals surface area contributed by atoms with Crippen LogP contribution < -0.4 is 16.6 Å². The molecule has 2 aromatic rings. The number of hydrogen-bond acceptors (Lipinski definition) is 6. The molecule has 3 N–H and O–H groups in total. The highest BCUT2D eigenvalue weighted by Crippen LogP contribution is 2.02. The molecule has 0 spiro atoms. The van der Waals surface area contributed by atoms with Crippen molar-refractivity contribution in [3.8, 4) is 0 Å². The molecule has 10 nitrogen and oxygen atoms in total. The first-order valence-corrected chi connectivity index (χ1v) is 5.39. The highest BCUT2D eigenvalue weighted by molar-refractivity contribution is 5.76. The number of carbonyl (C=O) groups excluding carboxylic acids is 1. The monoisotopic (exact) mass is 265 g/mol. The maximum atomic E-state index is 11.7. The molecule has 0 aromatic carbocycles. The van der Waals surface area contributed by atoms with Crippen LogP contribution in [0.4, 0.5) is 0 Å². The number of tetrazole rings is 1. The van der Waals surface area contributed by atoms with Crippen LogP contribution in [0.1, 0.15) is 18.8 Å². The van der Waals surface area contributed by atoms with E-state index in [9.17, 15) is 14.4 Å². The lowest BCUT2D eigenvalue weighted by Gasteiger charge is -2.10. The predicted octanol–water partition coefficient (Wildman–Crippen LogP) is -2.07. The van der Waals surface area contributed by atoms with E-state index in [1.54, 1.807) is 6.92 Å². The molecule has 0 aliphatic heterocycles. The molecule has 1 amide bonds. The minimum absolute atomic E-state index is 0.211. The van der Waals surface area contributed by atoms with Crippen LogP contribution in [-0.4, -0.2) is 36.1 Å². The highest BCUT2D eigenvalue weighted by Gasteiger charge is 2.13. The number of rotatable bonds is 4. The lowest BCUT2D eigenvalue weighted by atomic mass is 10.3. The zero-order chi connectivity index (χ0) is 13.8. The second-order valence-corrected chi connectivity index (χ2v) is 3.80. The van der Waals surface area contributed by atoms with Crippen molar-refractivity contribution in [2.24, 2.45) is 0 Å². The van der Waals surface area contributed by atoms with Gasteiger partial charge in [-0.1, -0.05) is 5.21 Å². The van der Waals surface area contributed by atoms with E-state index in [0.29, 0.717) is 5.82 Å². The number of aromatic nitrogens is 6. The van der Waals surface area contributed by atoms with E-state index >= 15 is 0 Å². The van der Waals surface area contributed by atoms with E-state index in [-0.39, 0.29) is 6.54 Å². The number of nitrogens with zero attached hydrogens (tertiary/aromatic N) is 4. The van der Waals surface area contributed by atoms with Gasteiger partial charge in [-0.15, -0.1) is 10.2 Å². The van der Waals surface area contributed by atoms with Crippen LogP contribution in [0.15, 0.2) is 21.9 Å². The Bertz CT molecular complexity index is 672. The smallest absolute Gasteiger partial charge is 0.328 e. The van der Waals surface area contributed by atoms with Gasteiger partial charge in [-0.3, -0.25) is 19.1 Å². The van der Waals surface area contributed by atoms with Crippen LogP contribution >= 0.6 is 0 Å². The summed E-state index contributed by atoms with van der Waals surface area (Å²) in [5.74, 6) is -0.0754. The fraction of sp³-hybridized carbons (Fsp3) is 0.333. The Labute approximate surface area is 105 Å². The van der Waals surface area contributed by atoms with Gasteiger partial charge in [0.05, 0.1) is 6.04 Å². The Morgan fingerprint density at radius 3 is 2.95 bits per heavy atom. The Kier molecular flexibility index (Phi) is 3.50. The van der Waals surface area contributed by atoms with Crippen LogP contribution in [-0.2, 0) is 11.3 Å². The fourth-order valence-electron chi connectivity index (χ4n) is 1.43. The SMILES string of the molecule is CC(NC(=O)Cn1ccc(=O)[nH]c1=O)c1nn[nH]n1. The van der Waals surface area contributed by atoms with Gasteiger partial charge in [-0.2, -0.15) is 5.21 Å². The van der Waals surface area contributed by atoms with Crippen LogP contribution in [0.25, 0.3) is 0 Å². The third-order valence-electron chi connectivity index (χ3n) is 2.34. The summed E-state index contributed by atoms with van der Waals surface area (Å²) in [6.07, 6.45) is 1.25. The normalized spacial score (nSPS) is 12.1. The van der Waals surface area contributed by atoms with E-state index in [0.717, 1.165) is 10.6 Å². The summed E-state index contributed by atoms with van der Waals surface area (Å²) in [6.45, 7) is 1.47. The van der Waals surface area contributed by atoms with Gasteiger partial charge in [0.25, 0.3) is 5.56 Å². The quantitative estimate of drug-likeness (QED) is 0.580. The molecule has 0 saturated carbocycles. The number of aromatic amines is 2. The fourth-order valence-corrected chi connectivity index (χ4v) is 1.43. The summed E-state index contributed by atoms with van der Waals surface area (Å²) < 4.78 is 1.08. The number of hydrogen-bond donors (Lipinski definition) is 3. The van der Waals surface area contributed by atoms with Gasteiger partial charge in [0, 0.05) is 12.3 Å². The zero-order valence-corrected chi connectivity index (χ0v) is 9.95.